The molecule has 0 aromatic heterocycles. The molecule has 2 N–H and O–H groups in total. The lowest BCUT2D eigenvalue weighted by Crippen LogP contribution is -2.48. The van der Waals surface area contributed by atoms with E-state index in [4.69, 9.17) is 15.2 Å². The molecule has 1 aliphatic heterocycles. The SMILES string of the molecule is CCOC1CCN(C(CN)COC)CC1. The highest BCUT2D eigenvalue weighted by atomic mass is 16.5. The van der Waals surface area contributed by atoms with Crippen molar-refractivity contribution in [3.05, 3.63) is 0 Å². The highest BCUT2D eigenvalue weighted by molar-refractivity contribution is 4.79. The fourth-order valence-electron chi connectivity index (χ4n) is 2.16. The third kappa shape index (κ3) is 4.07. The van der Waals surface area contributed by atoms with Gasteiger partial charge in [0, 0.05) is 39.4 Å². The van der Waals surface area contributed by atoms with E-state index in [2.05, 4.69) is 11.8 Å². The van der Waals surface area contributed by atoms with E-state index < -0.39 is 0 Å². The maximum atomic E-state index is 5.73. The normalized spacial score (nSPS) is 21.8. The van der Waals surface area contributed by atoms with Crippen LogP contribution in [0.2, 0.25) is 0 Å². The van der Waals surface area contributed by atoms with Gasteiger partial charge in [-0.05, 0) is 19.8 Å². The van der Waals surface area contributed by atoms with Crippen LogP contribution in [0.25, 0.3) is 0 Å². The molecule has 0 aromatic carbocycles. The predicted octanol–water partition coefficient (Wildman–Crippen LogP) is 0.461. The van der Waals surface area contributed by atoms with Crippen molar-refractivity contribution in [2.75, 3.05) is 40.0 Å². The van der Waals surface area contributed by atoms with Crippen molar-refractivity contribution in [3.8, 4) is 0 Å². The quantitative estimate of drug-likeness (QED) is 0.701. The Bertz CT molecular complexity index is 159. The lowest BCUT2D eigenvalue weighted by Gasteiger charge is -2.36. The van der Waals surface area contributed by atoms with Crippen molar-refractivity contribution >= 4 is 0 Å². The first-order valence-electron chi connectivity index (χ1n) is 5.86. The summed E-state index contributed by atoms with van der Waals surface area (Å²) in [6.45, 7) is 6.44. The van der Waals surface area contributed by atoms with Crippen molar-refractivity contribution in [1.82, 2.24) is 4.90 Å². The van der Waals surface area contributed by atoms with Gasteiger partial charge in [-0.3, -0.25) is 4.90 Å². The number of hydrogen-bond acceptors (Lipinski definition) is 4. The minimum absolute atomic E-state index is 0.373. The van der Waals surface area contributed by atoms with E-state index in [0.29, 0.717) is 18.7 Å². The van der Waals surface area contributed by atoms with E-state index in [1.165, 1.54) is 0 Å². The van der Waals surface area contributed by atoms with Gasteiger partial charge in [0.2, 0.25) is 0 Å². The van der Waals surface area contributed by atoms with Crippen LogP contribution in [0.4, 0.5) is 0 Å². The summed E-state index contributed by atoms with van der Waals surface area (Å²) in [5.74, 6) is 0. The van der Waals surface area contributed by atoms with Gasteiger partial charge in [0.15, 0.2) is 0 Å². The number of methoxy groups -OCH3 is 1. The Hall–Kier alpha value is -0.160. The average molecular weight is 216 g/mol. The van der Waals surface area contributed by atoms with E-state index in [1.807, 2.05) is 0 Å². The molecule has 0 radical (unpaired) electrons. The zero-order valence-electron chi connectivity index (χ0n) is 9.95. The molecule has 15 heavy (non-hydrogen) atoms. The van der Waals surface area contributed by atoms with Crippen LogP contribution in [0.5, 0.6) is 0 Å². The molecule has 4 heteroatoms. The number of ether oxygens (including phenoxy) is 2. The Labute approximate surface area is 92.7 Å². The van der Waals surface area contributed by atoms with Gasteiger partial charge < -0.3 is 15.2 Å². The highest BCUT2D eigenvalue weighted by Crippen LogP contribution is 2.15. The summed E-state index contributed by atoms with van der Waals surface area (Å²) in [6, 6.07) is 0.373. The first kappa shape index (κ1) is 12.9. The molecular formula is C11H24N2O2. The minimum Gasteiger partial charge on any atom is -0.383 e. The molecule has 1 saturated heterocycles. The molecule has 0 bridgehead atoms. The molecule has 0 amide bonds. The molecule has 0 saturated carbocycles. The summed E-state index contributed by atoms with van der Waals surface area (Å²) >= 11 is 0. The summed E-state index contributed by atoms with van der Waals surface area (Å²) in [4.78, 5) is 2.42. The van der Waals surface area contributed by atoms with Gasteiger partial charge in [-0.25, -0.2) is 0 Å². The van der Waals surface area contributed by atoms with Crippen molar-refractivity contribution in [3.63, 3.8) is 0 Å². The van der Waals surface area contributed by atoms with Gasteiger partial charge >= 0.3 is 0 Å². The molecule has 1 rings (SSSR count). The summed E-state index contributed by atoms with van der Waals surface area (Å²) in [5, 5.41) is 0. The molecule has 1 fully saturated rings. The summed E-state index contributed by atoms with van der Waals surface area (Å²) < 4.78 is 10.8. The molecule has 1 unspecified atom stereocenters. The highest BCUT2D eigenvalue weighted by Gasteiger charge is 2.24. The molecule has 0 aliphatic carbocycles. The van der Waals surface area contributed by atoms with E-state index in [9.17, 15) is 0 Å². The van der Waals surface area contributed by atoms with Gasteiger partial charge in [-0.1, -0.05) is 0 Å². The Balaban J connectivity index is 2.28. The molecule has 0 aromatic rings. The van der Waals surface area contributed by atoms with E-state index in [0.717, 1.165) is 39.1 Å². The standard InChI is InChI=1S/C11H24N2O2/c1-3-15-11-4-6-13(7-5-11)10(8-12)9-14-2/h10-11H,3-9,12H2,1-2H3. The van der Waals surface area contributed by atoms with Gasteiger partial charge in [-0.15, -0.1) is 0 Å². The summed E-state index contributed by atoms with van der Waals surface area (Å²) in [5.41, 5.74) is 5.73. The number of rotatable bonds is 6. The van der Waals surface area contributed by atoms with Crippen LogP contribution in [0.3, 0.4) is 0 Å². The molecule has 90 valence electrons. The fourth-order valence-corrected chi connectivity index (χ4v) is 2.16. The van der Waals surface area contributed by atoms with Crippen molar-refractivity contribution in [2.24, 2.45) is 5.73 Å². The second kappa shape index (κ2) is 7.17. The zero-order valence-corrected chi connectivity index (χ0v) is 9.95. The average Bonchev–Trinajstić information content (AvgIpc) is 2.28. The van der Waals surface area contributed by atoms with Crippen molar-refractivity contribution < 1.29 is 9.47 Å². The van der Waals surface area contributed by atoms with Gasteiger partial charge in [0.25, 0.3) is 0 Å². The number of nitrogens with two attached hydrogens (primary N) is 1. The molecular weight excluding hydrogens is 192 g/mol. The lowest BCUT2D eigenvalue weighted by molar-refractivity contribution is -0.00555. The number of piperidine rings is 1. The topological polar surface area (TPSA) is 47.7 Å². The minimum atomic E-state index is 0.373. The predicted molar refractivity (Wildman–Crippen MR) is 60.9 cm³/mol. The number of hydrogen-bond donors (Lipinski definition) is 1. The Morgan fingerprint density at radius 3 is 2.53 bits per heavy atom. The molecule has 0 spiro atoms. The second-order valence-electron chi connectivity index (χ2n) is 4.04. The summed E-state index contributed by atoms with van der Waals surface area (Å²) in [6.07, 6.45) is 2.69. The summed E-state index contributed by atoms with van der Waals surface area (Å²) in [7, 11) is 1.73. The van der Waals surface area contributed by atoms with Crippen LogP contribution in [-0.2, 0) is 9.47 Å². The smallest absolute Gasteiger partial charge is 0.0630 e. The first-order chi connectivity index (χ1) is 7.31. The van der Waals surface area contributed by atoms with Gasteiger partial charge in [-0.2, -0.15) is 0 Å². The van der Waals surface area contributed by atoms with E-state index >= 15 is 0 Å². The van der Waals surface area contributed by atoms with Crippen LogP contribution < -0.4 is 5.73 Å². The molecule has 4 nitrogen and oxygen atoms in total. The number of likely N-dealkylation sites (tertiary alicyclic amines) is 1. The van der Waals surface area contributed by atoms with E-state index in [-0.39, 0.29) is 0 Å². The van der Waals surface area contributed by atoms with Crippen molar-refractivity contribution in [1.29, 1.82) is 0 Å². The van der Waals surface area contributed by atoms with Crippen LogP contribution in [0.1, 0.15) is 19.8 Å². The maximum absolute atomic E-state index is 5.73. The van der Waals surface area contributed by atoms with Gasteiger partial charge in [0.1, 0.15) is 0 Å². The Morgan fingerprint density at radius 1 is 1.40 bits per heavy atom. The monoisotopic (exact) mass is 216 g/mol. The van der Waals surface area contributed by atoms with Crippen LogP contribution >= 0.6 is 0 Å². The Morgan fingerprint density at radius 2 is 2.07 bits per heavy atom. The largest absolute Gasteiger partial charge is 0.383 e. The Kier molecular flexibility index (Phi) is 6.17. The van der Waals surface area contributed by atoms with Crippen molar-refractivity contribution in [2.45, 2.75) is 31.9 Å². The molecule has 1 aliphatic rings. The van der Waals surface area contributed by atoms with Gasteiger partial charge in [0.05, 0.1) is 12.7 Å². The third-order valence-corrected chi connectivity index (χ3v) is 3.03. The molecule has 1 atom stereocenters. The maximum Gasteiger partial charge on any atom is 0.0630 e. The van der Waals surface area contributed by atoms with Crippen LogP contribution in [0.15, 0.2) is 0 Å². The van der Waals surface area contributed by atoms with Crippen LogP contribution in [-0.4, -0.2) is 57.0 Å². The first-order valence-corrected chi connectivity index (χ1v) is 5.86. The second-order valence-corrected chi connectivity index (χ2v) is 4.04. The number of nitrogens with zero attached hydrogens (tertiary/aromatic N) is 1. The lowest BCUT2D eigenvalue weighted by atomic mass is 10.1. The third-order valence-electron chi connectivity index (χ3n) is 3.03. The zero-order chi connectivity index (χ0) is 11.1. The van der Waals surface area contributed by atoms with E-state index in [1.54, 1.807) is 7.11 Å². The fraction of sp³-hybridized carbons (Fsp3) is 1.00. The molecule has 1 heterocycles. The van der Waals surface area contributed by atoms with Crippen LogP contribution in [0, 0.1) is 0 Å².